The highest BCUT2D eigenvalue weighted by molar-refractivity contribution is 5.77. The lowest BCUT2D eigenvalue weighted by Crippen LogP contribution is -2.38. The predicted octanol–water partition coefficient (Wildman–Crippen LogP) is 3.08. The molecular formula is C20H22F2N2O2. The van der Waals surface area contributed by atoms with Gasteiger partial charge in [-0.3, -0.25) is 9.69 Å². The third kappa shape index (κ3) is 5.02. The van der Waals surface area contributed by atoms with Crippen LogP contribution in [0.15, 0.2) is 48.5 Å². The van der Waals surface area contributed by atoms with Crippen LogP contribution in [0.3, 0.4) is 0 Å². The third-order valence-corrected chi connectivity index (χ3v) is 4.47. The summed E-state index contributed by atoms with van der Waals surface area (Å²) in [7, 11) is 0. The first-order valence-electron chi connectivity index (χ1n) is 8.74. The molecule has 0 unspecified atom stereocenters. The molecule has 0 aliphatic carbocycles. The van der Waals surface area contributed by atoms with Gasteiger partial charge in [-0.15, -0.1) is 0 Å². The summed E-state index contributed by atoms with van der Waals surface area (Å²) >= 11 is 0. The van der Waals surface area contributed by atoms with Crippen molar-refractivity contribution in [2.45, 2.75) is 13.0 Å². The summed E-state index contributed by atoms with van der Waals surface area (Å²) in [5.74, 6) is -0.165. The maximum Gasteiger partial charge on any atom is 0.260 e. The van der Waals surface area contributed by atoms with Crippen molar-refractivity contribution in [3.63, 3.8) is 0 Å². The molecule has 6 heteroatoms. The molecule has 2 aromatic carbocycles. The van der Waals surface area contributed by atoms with Gasteiger partial charge in [0.25, 0.3) is 5.91 Å². The van der Waals surface area contributed by atoms with Crippen LogP contribution in [0.1, 0.15) is 12.0 Å². The molecule has 1 heterocycles. The monoisotopic (exact) mass is 360 g/mol. The number of carbonyl (C=O) groups excluding carboxylic acids is 1. The average molecular weight is 360 g/mol. The molecule has 0 bridgehead atoms. The van der Waals surface area contributed by atoms with Gasteiger partial charge in [-0.1, -0.05) is 18.2 Å². The van der Waals surface area contributed by atoms with Crippen molar-refractivity contribution in [2.24, 2.45) is 0 Å². The largest absolute Gasteiger partial charge is 0.484 e. The van der Waals surface area contributed by atoms with Crippen LogP contribution >= 0.6 is 0 Å². The van der Waals surface area contributed by atoms with E-state index in [1.165, 1.54) is 30.3 Å². The highest BCUT2D eigenvalue weighted by Crippen LogP contribution is 2.14. The van der Waals surface area contributed by atoms with Gasteiger partial charge in [0.15, 0.2) is 6.61 Å². The Morgan fingerprint density at radius 3 is 2.50 bits per heavy atom. The Morgan fingerprint density at radius 2 is 1.73 bits per heavy atom. The van der Waals surface area contributed by atoms with E-state index in [1.54, 1.807) is 17.0 Å². The molecule has 2 aromatic rings. The van der Waals surface area contributed by atoms with E-state index in [0.717, 1.165) is 13.0 Å². The molecule has 3 rings (SSSR count). The average Bonchev–Trinajstić information content (AvgIpc) is 2.89. The van der Waals surface area contributed by atoms with Crippen LogP contribution in [0.25, 0.3) is 0 Å². The molecule has 0 radical (unpaired) electrons. The first-order chi connectivity index (χ1) is 12.6. The van der Waals surface area contributed by atoms with Gasteiger partial charge in [0.2, 0.25) is 0 Å². The molecule has 1 fully saturated rings. The minimum Gasteiger partial charge on any atom is -0.484 e. The van der Waals surface area contributed by atoms with Crippen LogP contribution in [0.5, 0.6) is 5.75 Å². The number of halogens is 2. The summed E-state index contributed by atoms with van der Waals surface area (Å²) in [6.45, 7) is 3.22. The predicted molar refractivity (Wildman–Crippen MR) is 94.8 cm³/mol. The van der Waals surface area contributed by atoms with E-state index in [4.69, 9.17) is 4.74 Å². The fraction of sp³-hybridized carbons (Fsp3) is 0.350. The number of rotatable bonds is 5. The molecule has 0 N–H and O–H groups in total. The van der Waals surface area contributed by atoms with Gasteiger partial charge < -0.3 is 9.64 Å². The van der Waals surface area contributed by atoms with E-state index in [0.29, 0.717) is 37.5 Å². The minimum atomic E-state index is -0.342. The zero-order chi connectivity index (χ0) is 18.4. The molecule has 0 aromatic heterocycles. The Labute approximate surface area is 152 Å². The zero-order valence-electron chi connectivity index (χ0n) is 14.5. The molecule has 1 aliphatic heterocycles. The van der Waals surface area contributed by atoms with Crippen molar-refractivity contribution in [1.82, 2.24) is 9.80 Å². The van der Waals surface area contributed by atoms with Crippen molar-refractivity contribution in [3.8, 4) is 5.75 Å². The Kier molecular flexibility index (Phi) is 6.17. The SMILES string of the molecule is O=C(COc1ccc(F)cc1)N1CCCN(Cc2ccccc2F)CC1. The van der Waals surface area contributed by atoms with Crippen LogP contribution in [0, 0.1) is 11.6 Å². The van der Waals surface area contributed by atoms with Crippen LogP contribution in [0.4, 0.5) is 8.78 Å². The zero-order valence-corrected chi connectivity index (χ0v) is 14.5. The second-order valence-electron chi connectivity index (χ2n) is 6.34. The molecule has 1 saturated heterocycles. The maximum atomic E-state index is 13.8. The van der Waals surface area contributed by atoms with Gasteiger partial charge >= 0.3 is 0 Å². The number of amides is 1. The Bertz CT molecular complexity index is 737. The molecule has 0 atom stereocenters. The van der Waals surface area contributed by atoms with Crippen LogP contribution in [-0.4, -0.2) is 48.5 Å². The summed E-state index contributed by atoms with van der Waals surface area (Å²) in [6.07, 6.45) is 0.830. The molecule has 1 amide bonds. The highest BCUT2D eigenvalue weighted by Gasteiger charge is 2.20. The summed E-state index contributed by atoms with van der Waals surface area (Å²) in [6, 6.07) is 12.4. The molecule has 0 spiro atoms. The Hall–Kier alpha value is -2.47. The number of ether oxygens (including phenoxy) is 1. The third-order valence-electron chi connectivity index (χ3n) is 4.47. The number of hydrogen-bond donors (Lipinski definition) is 0. The van der Waals surface area contributed by atoms with Gasteiger partial charge in [0.05, 0.1) is 0 Å². The van der Waals surface area contributed by atoms with Crippen molar-refractivity contribution < 1.29 is 18.3 Å². The molecule has 138 valence electrons. The second-order valence-corrected chi connectivity index (χ2v) is 6.34. The number of hydrogen-bond acceptors (Lipinski definition) is 3. The molecular weight excluding hydrogens is 338 g/mol. The van der Waals surface area contributed by atoms with Crippen molar-refractivity contribution in [2.75, 3.05) is 32.8 Å². The first-order valence-corrected chi connectivity index (χ1v) is 8.74. The standard InChI is InChI=1S/C20H22F2N2O2/c21-17-6-8-18(9-7-17)26-15-20(25)24-11-3-10-23(12-13-24)14-16-4-1-2-5-19(16)22/h1-2,4-9H,3,10-15H2. The first kappa shape index (κ1) is 18.3. The molecule has 1 aliphatic rings. The van der Waals surface area contributed by atoms with Gasteiger partial charge in [0.1, 0.15) is 17.4 Å². The molecule has 0 saturated carbocycles. The molecule has 26 heavy (non-hydrogen) atoms. The second kappa shape index (κ2) is 8.76. The lowest BCUT2D eigenvalue weighted by atomic mass is 10.2. The quantitative estimate of drug-likeness (QED) is 0.822. The highest BCUT2D eigenvalue weighted by atomic mass is 19.1. The summed E-state index contributed by atoms with van der Waals surface area (Å²) in [5.41, 5.74) is 0.673. The van der Waals surface area contributed by atoms with E-state index in [-0.39, 0.29) is 24.1 Å². The van der Waals surface area contributed by atoms with Gasteiger partial charge in [-0.2, -0.15) is 0 Å². The van der Waals surface area contributed by atoms with E-state index in [2.05, 4.69) is 4.90 Å². The van der Waals surface area contributed by atoms with E-state index < -0.39 is 0 Å². The number of carbonyl (C=O) groups is 1. The topological polar surface area (TPSA) is 32.8 Å². The summed E-state index contributed by atoms with van der Waals surface area (Å²) in [5, 5.41) is 0. The van der Waals surface area contributed by atoms with Crippen LogP contribution < -0.4 is 4.74 Å². The van der Waals surface area contributed by atoms with Gasteiger partial charge in [-0.05, 0) is 36.8 Å². The lowest BCUT2D eigenvalue weighted by molar-refractivity contribution is -0.133. The normalized spacial score (nSPS) is 15.5. The minimum absolute atomic E-state index is 0.0705. The van der Waals surface area contributed by atoms with Crippen molar-refractivity contribution >= 4 is 5.91 Å². The summed E-state index contributed by atoms with van der Waals surface area (Å²) < 4.78 is 32.1. The maximum absolute atomic E-state index is 13.8. The van der Waals surface area contributed by atoms with E-state index >= 15 is 0 Å². The van der Waals surface area contributed by atoms with Gasteiger partial charge in [0, 0.05) is 38.3 Å². The van der Waals surface area contributed by atoms with Crippen molar-refractivity contribution in [1.29, 1.82) is 0 Å². The Morgan fingerprint density at radius 1 is 0.962 bits per heavy atom. The van der Waals surface area contributed by atoms with E-state index in [9.17, 15) is 13.6 Å². The Balaban J connectivity index is 1.49. The summed E-state index contributed by atoms with van der Waals surface area (Å²) in [4.78, 5) is 16.3. The number of benzene rings is 2. The van der Waals surface area contributed by atoms with Crippen molar-refractivity contribution in [3.05, 3.63) is 65.7 Å². The van der Waals surface area contributed by atoms with Crippen LogP contribution in [0.2, 0.25) is 0 Å². The fourth-order valence-corrected chi connectivity index (χ4v) is 3.01. The van der Waals surface area contributed by atoms with E-state index in [1.807, 2.05) is 6.07 Å². The molecule has 4 nitrogen and oxygen atoms in total. The number of nitrogens with zero attached hydrogens (tertiary/aromatic N) is 2. The smallest absolute Gasteiger partial charge is 0.260 e. The fourth-order valence-electron chi connectivity index (χ4n) is 3.01. The van der Waals surface area contributed by atoms with Crippen LogP contribution in [-0.2, 0) is 11.3 Å². The lowest BCUT2D eigenvalue weighted by Gasteiger charge is -2.22. The van der Waals surface area contributed by atoms with Gasteiger partial charge in [-0.25, -0.2) is 8.78 Å².